The molecule has 1 aromatic carbocycles. The molecule has 1 saturated heterocycles. The van der Waals surface area contributed by atoms with Crippen LogP contribution in [0.25, 0.3) is 16.9 Å². The molecule has 10 heteroatoms. The van der Waals surface area contributed by atoms with E-state index in [0.29, 0.717) is 35.9 Å². The molecule has 0 saturated carbocycles. The summed E-state index contributed by atoms with van der Waals surface area (Å²) >= 11 is 0. The molecular formula is C22H21F2N7O. The van der Waals surface area contributed by atoms with E-state index in [9.17, 15) is 13.6 Å². The molecule has 5 rings (SSSR count). The van der Waals surface area contributed by atoms with Gasteiger partial charge in [0.05, 0.1) is 12.7 Å². The van der Waals surface area contributed by atoms with Crippen molar-refractivity contribution in [2.24, 2.45) is 5.92 Å². The van der Waals surface area contributed by atoms with E-state index >= 15 is 0 Å². The van der Waals surface area contributed by atoms with Crippen LogP contribution < -0.4 is 5.56 Å². The van der Waals surface area contributed by atoms with E-state index in [-0.39, 0.29) is 22.9 Å². The number of nitrogens with one attached hydrogen (secondary N) is 1. The van der Waals surface area contributed by atoms with Gasteiger partial charge in [0.15, 0.2) is 23.0 Å². The maximum absolute atomic E-state index is 13.9. The Morgan fingerprint density at radius 3 is 2.66 bits per heavy atom. The second kappa shape index (κ2) is 7.86. The Morgan fingerprint density at radius 2 is 1.88 bits per heavy atom. The van der Waals surface area contributed by atoms with Crippen LogP contribution in [0.3, 0.4) is 0 Å². The van der Waals surface area contributed by atoms with Crippen LogP contribution in [0.1, 0.15) is 30.1 Å². The lowest BCUT2D eigenvalue weighted by atomic mass is 9.97. The molecule has 32 heavy (non-hydrogen) atoms. The number of aromatic amines is 1. The van der Waals surface area contributed by atoms with Crippen LogP contribution in [0.2, 0.25) is 0 Å². The van der Waals surface area contributed by atoms with Gasteiger partial charge in [-0.1, -0.05) is 6.92 Å². The average molecular weight is 437 g/mol. The highest BCUT2D eigenvalue weighted by atomic mass is 19.2. The van der Waals surface area contributed by atoms with Gasteiger partial charge in [-0.25, -0.2) is 28.2 Å². The number of hydrogen-bond donors (Lipinski definition) is 1. The Balaban J connectivity index is 1.51. The Bertz CT molecular complexity index is 1350. The summed E-state index contributed by atoms with van der Waals surface area (Å²) in [5.41, 5.74) is 0.803. The summed E-state index contributed by atoms with van der Waals surface area (Å²) < 4.78 is 28.9. The zero-order valence-corrected chi connectivity index (χ0v) is 17.6. The SMILES string of the molecule is Cc1cc(F)c(F)cc1-c1ncc2c(=O)[nH]c(C3CN(Cc4ncccn4)CC3C)nn12. The van der Waals surface area contributed by atoms with Gasteiger partial charge in [-0.2, -0.15) is 5.10 Å². The normalized spacial score (nSPS) is 19.1. The van der Waals surface area contributed by atoms with Crippen molar-refractivity contribution in [1.29, 1.82) is 0 Å². The Hall–Kier alpha value is -3.53. The summed E-state index contributed by atoms with van der Waals surface area (Å²) in [6.45, 7) is 5.87. The lowest BCUT2D eigenvalue weighted by Crippen LogP contribution is -2.23. The van der Waals surface area contributed by atoms with Gasteiger partial charge in [-0.05, 0) is 36.6 Å². The van der Waals surface area contributed by atoms with Gasteiger partial charge in [0.2, 0.25) is 0 Å². The number of halogens is 2. The van der Waals surface area contributed by atoms with Gasteiger partial charge in [-0.15, -0.1) is 0 Å². The molecule has 3 aromatic heterocycles. The van der Waals surface area contributed by atoms with Crippen molar-refractivity contribution in [3.63, 3.8) is 0 Å². The molecule has 0 aliphatic carbocycles. The lowest BCUT2D eigenvalue weighted by molar-refractivity contribution is 0.310. The van der Waals surface area contributed by atoms with E-state index in [4.69, 9.17) is 0 Å². The van der Waals surface area contributed by atoms with Gasteiger partial charge in [0.1, 0.15) is 11.6 Å². The van der Waals surface area contributed by atoms with Crippen molar-refractivity contribution < 1.29 is 8.78 Å². The lowest BCUT2D eigenvalue weighted by Gasteiger charge is -2.15. The monoisotopic (exact) mass is 437 g/mol. The number of H-pyrrole nitrogens is 1. The molecule has 0 bridgehead atoms. The van der Waals surface area contributed by atoms with Gasteiger partial charge in [-0.3, -0.25) is 9.69 Å². The van der Waals surface area contributed by atoms with Crippen molar-refractivity contribution in [3.8, 4) is 11.4 Å². The summed E-state index contributed by atoms with van der Waals surface area (Å²) in [6, 6.07) is 3.98. The first-order valence-corrected chi connectivity index (χ1v) is 10.3. The minimum absolute atomic E-state index is 0.0166. The molecule has 2 unspecified atom stereocenters. The highest BCUT2D eigenvalue weighted by Crippen LogP contribution is 2.31. The van der Waals surface area contributed by atoms with Crippen LogP contribution in [0.4, 0.5) is 8.78 Å². The van der Waals surface area contributed by atoms with Crippen molar-refractivity contribution in [2.45, 2.75) is 26.3 Å². The summed E-state index contributed by atoms with van der Waals surface area (Å²) in [7, 11) is 0. The van der Waals surface area contributed by atoms with Crippen molar-refractivity contribution in [3.05, 3.63) is 76.0 Å². The van der Waals surface area contributed by atoms with Crippen LogP contribution in [0.15, 0.2) is 41.6 Å². The van der Waals surface area contributed by atoms with Gasteiger partial charge in [0, 0.05) is 37.0 Å². The van der Waals surface area contributed by atoms with E-state index in [1.165, 1.54) is 10.7 Å². The Morgan fingerprint density at radius 1 is 1.12 bits per heavy atom. The molecule has 4 heterocycles. The first-order valence-electron chi connectivity index (χ1n) is 10.3. The minimum Gasteiger partial charge on any atom is -0.307 e. The zero-order chi connectivity index (χ0) is 22.4. The van der Waals surface area contributed by atoms with Crippen molar-refractivity contribution >= 4 is 5.52 Å². The van der Waals surface area contributed by atoms with Gasteiger partial charge in [0.25, 0.3) is 5.56 Å². The molecule has 2 atom stereocenters. The van der Waals surface area contributed by atoms with E-state index in [1.54, 1.807) is 25.4 Å². The highest BCUT2D eigenvalue weighted by Gasteiger charge is 2.33. The fourth-order valence-corrected chi connectivity index (χ4v) is 4.32. The van der Waals surface area contributed by atoms with Crippen LogP contribution in [-0.4, -0.2) is 47.5 Å². The zero-order valence-electron chi connectivity index (χ0n) is 17.6. The third-order valence-corrected chi connectivity index (χ3v) is 5.95. The standard InChI is InChI=1S/C22H21F2N7O/c1-12-6-16(23)17(24)7-14(12)21-27-8-18-22(32)28-20(29-31(18)21)15-10-30(9-13(15)2)11-19-25-4-3-5-26-19/h3-8,13,15H,9-11H2,1-2H3,(H,28,29,32). The number of nitrogens with zero attached hydrogens (tertiary/aromatic N) is 6. The molecule has 4 aromatic rings. The molecule has 1 fully saturated rings. The predicted molar refractivity (Wildman–Crippen MR) is 113 cm³/mol. The Kier molecular flexibility index (Phi) is 5.01. The number of rotatable bonds is 4. The minimum atomic E-state index is -0.976. The molecule has 1 N–H and O–H groups in total. The fourth-order valence-electron chi connectivity index (χ4n) is 4.32. The second-order valence-corrected chi connectivity index (χ2v) is 8.24. The fraction of sp³-hybridized carbons (Fsp3) is 0.318. The molecular weight excluding hydrogens is 416 g/mol. The maximum atomic E-state index is 13.9. The molecule has 0 spiro atoms. The molecule has 1 aliphatic rings. The molecule has 1 aliphatic heterocycles. The number of likely N-dealkylation sites (tertiary alicyclic amines) is 1. The number of hydrogen-bond acceptors (Lipinski definition) is 6. The van der Waals surface area contributed by atoms with E-state index in [1.807, 2.05) is 0 Å². The van der Waals surface area contributed by atoms with Crippen LogP contribution in [0, 0.1) is 24.5 Å². The quantitative estimate of drug-likeness (QED) is 0.528. The smallest absolute Gasteiger partial charge is 0.276 e. The number of imidazole rings is 1. The largest absolute Gasteiger partial charge is 0.307 e. The van der Waals surface area contributed by atoms with Gasteiger partial charge < -0.3 is 4.98 Å². The third kappa shape index (κ3) is 3.56. The van der Waals surface area contributed by atoms with E-state index < -0.39 is 11.6 Å². The van der Waals surface area contributed by atoms with E-state index in [2.05, 4.69) is 36.9 Å². The first kappa shape index (κ1) is 20.4. The topological polar surface area (TPSA) is 92.1 Å². The van der Waals surface area contributed by atoms with E-state index in [0.717, 1.165) is 24.5 Å². The molecule has 0 amide bonds. The molecule has 0 radical (unpaired) electrons. The second-order valence-electron chi connectivity index (χ2n) is 8.24. The average Bonchev–Trinajstić information content (AvgIpc) is 3.35. The van der Waals surface area contributed by atoms with Crippen molar-refractivity contribution in [1.82, 2.24) is 34.4 Å². The van der Waals surface area contributed by atoms with Crippen LogP contribution in [-0.2, 0) is 6.54 Å². The highest BCUT2D eigenvalue weighted by molar-refractivity contribution is 5.64. The number of benzene rings is 1. The molecule has 164 valence electrons. The number of aryl methyl sites for hydroxylation is 1. The maximum Gasteiger partial charge on any atom is 0.276 e. The first-order chi connectivity index (χ1) is 15.4. The predicted octanol–water partition coefficient (Wildman–Crippen LogP) is 2.70. The summed E-state index contributed by atoms with van der Waals surface area (Å²) in [5, 5.41) is 4.66. The number of aromatic nitrogens is 6. The number of fused-ring (bicyclic) bond motifs is 1. The van der Waals surface area contributed by atoms with Gasteiger partial charge >= 0.3 is 0 Å². The van der Waals surface area contributed by atoms with Crippen LogP contribution >= 0.6 is 0 Å². The summed E-state index contributed by atoms with van der Waals surface area (Å²) in [4.78, 5) is 30.7. The third-order valence-electron chi connectivity index (χ3n) is 5.95. The summed E-state index contributed by atoms with van der Waals surface area (Å²) in [5.74, 6) is -0.122. The summed E-state index contributed by atoms with van der Waals surface area (Å²) in [6.07, 6.45) is 4.82. The van der Waals surface area contributed by atoms with Crippen LogP contribution in [0.5, 0.6) is 0 Å². The van der Waals surface area contributed by atoms with Crippen molar-refractivity contribution in [2.75, 3.05) is 13.1 Å². The Labute approximate surface area is 182 Å². The molecule has 8 nitrogen and oxygen atoms in total.